The van der Waals surface area contributed by atoms with Gasteiger partial charge in [0, 0.05) is 13.0 Å². The molecule has 0 aliphatic heterocycles. The summed E-state index contributed by atoms with van der Waals surface area (Å²) in [6, 6.07) is 0. The van der Waals surface area contributed by atoms with Crippen LogP contribution in [0.15, 0.2) is 0 Å². The lowest BCUT2D eigenvalue weighted by Gasteiger charge is -2.35. The highest BCUT2D eigenvalue weighted by Gasteiger charge is 2.42. The molecule has 2 nitrogen and oxygen atoms in total. The monoisotopic (exact) mass is 252 g/mol. The third-order valence-corrected chi connectivity index (χ3v) is 5.14. The molecule has 0 atom stereocenters. The minimum Gasteiger partial charge on any atom is -0.370 e. The zero-order valence-corrected chi connectivity index (χ0v) is 12.0. The second-order valence-corrected chi connectivity index (χ2v) is 6.43. The molecule has 2 aliphatic rings. The van der Waals surface area contributed by atoms with Gasteiger partial charge in [0.1, 0.15) is 5.60 Å². The average Bonchev–Trinajstić information content (AvgIpc) is 2.65. The predicted octanol–water partition coefficient (Wildman–Crippen LogP) is 4.12. The number of hydrogen-bond acceptors (Lipinski definition) is 2. The largest absolute Gasteiger partial charge is 0.370 e. The van der Waals surface area contributed by atoms with Crippen LogP contribution in [0.4, 0.5) is 0 Å². The highest BCUT2D eigenvalue weighted by Crippen LogP contribution is 2.38. The Balaban J connectivity index is 2.04. The number of Topliss-reactive ketones (excluding diaryl/α,β-unsaturated/α-hetero) is 1. The lowest BCUT2D eigenvalue weighted by atomic mass is 9.74. The van der Waals surface area contributed by atoms with E-state index in [2.05, 4.69) is 6.92 Å². The fraction of sp³-hybridized carbons (Fsp3) is 0.938. The summed E-state index contributed by atoms with van der Waals surface area (Å²) in [5.41, 5.74) is -0.429. The molecule has 104 valence electrons. The molecule has 2 saturated carbocycles. The van der Waals surface area contributed by atoms with Gasteiger partial charge in [-0.15, -0.1) is 0 Å². The van der Waals surface area contributed by atoms with Crippen LogP contribution < -0.4 is 0 Å². The third kappa shape index (κ3) is 2.96. The highest BCUT2D eigenvalue weighted by molar-refractivity contribution is 5.89. The molecule has 0 saturated heterocycles. The van der Waals surface area contributed by atoms with Gasteiger partial charge in [0.15, 0.2) is 5.78 Å². The summed E-state index contributed by atoms with van der Waals surface area (Å²) in [7, 11) is 1.74. The Hall–Kier alpha value is -0.370. The minimum atomic E-state index is -0.429. The molecular weight excluding hydrogens is 224 g/mol. The molecule has 0 unspecified atom stereocenters. The lowest BCUT2D eigenvalue weighted by Crippen LogP contribution is -2.45. The summed E-state index contributed by atoms with van der Waals surface area (Å²) < 4.78 is 5.75. The number of ketones is 1. The van der Waals surface area contributed by atoms with Crippen molar-refractivity contribution in [3.05, 3.63) is 0 Å². The smallest absolute Gasteiger partial charge is 0.167 e. The van der Waals surface area contributed by atoms with E-state index in [4.69, 9.17) is 4.74 Å². The van der Waals surface area contributed by atoms with Crippen molar-refractivity contribution in [2.45, 2.75) is 76.7 Å². The lowest BCUT2D eigenvalue weighted by molar-refractivity contribution is -0.148. The molecule has 2 rings (SSSR count). The van der Waals surface area contributed by atoms with E-state index in [0.717, 1.165) is 44.4 Å². The molecule has 0 aromatic carbocycles. The van der Waals surface area contributed by atoms with Crippen LogP contribution in [-0.4, -0.2) is 18.5 Å². The zero-order chi connectivity index (χ0) is 13.0. The molecule has 0 amide bonds. The molecule has 2 fully saturated rings. The topological polar surface area (TPSA) is 26.3 Å². The van der Waals surface area contributed by atoms with Crippen LogP contribution in [0.5, 0.6) is 0 Å². The van der Waals surface area contributed by atoms with E-state index >= 15 is 0 Å². The molecule has 0 spiro atoms. The van der Waals surface area contributed by atoms with Crippen molar-refractivity contribution < 1.29 is 9.53 Å². The summed E-state index contributed by atoms with van der Waals surface area (Å²) >= 11 is 0. The third-order valence-electron chi connectivity index (χ3n) is 5.14. The second-order valence-electron chi connectivity index (χ2n) is 6.43. The first-order chi connectivity index (χ1) is 8.68. The van der Waals surface area contributed by atoms with Crippen LogP contribution >= 0.6 is 0 Å². The maximum atomic E-state index is 12.8. The van der Waals surface area contributed by atoms with Crippen LogP contribution in [0.1, 0.15) is 71.1 Å². The Bertz CT molecular complexity index is 269. The fourth-order valence-corrected chi connectivity index (χ4v) is 3.75. The summed E-state index contributed by atoms with van der Waals surface area (Å²) in [5.74, 6) is 1.51. The standard InChI is InChI=1S/C16H28O2/c1-13-7-9-14(10-8-13)15(17)16(18-2)11-5-3-4-6-12-16/h13-14H,3-12H2,1-2H3. The van der Waals surface area contributed by atoms with Gasteiger partial charge in [-0.05, 0) is 31.6 Å². The van der Waals surface area contributed by atoms with E-state index < -0.39 is 5.60 Å². The quantitative estimate of drug-likeness (QED) is 0.706. The second kappa shape index (κ2) is 6.18. The van der Waals surface area contributed by atoms with Gasteiger partial charge in [0.25, 0.3) is 0 Å². The van der Waals surface area contributed by atoms with Crippen LogP contribution in [0, 0.1) is 11.8 Å². The normalized spacial score (nSPS) is 32.8. The number of carbonyl (C=O) groups excluding carboxylic acids is 1. The van der Waals surface area contributed by atoms with Gasteiger partial charge >= 0.3 is 0 Å². The predicted molar refractivity (Wildman–Crippen MR) is 73.6 cm³/mol. The Labute approximate surface area is 111 Å². The average molecular weight is 252 g/mol. The number of rotatable bonds is 3. The van der Waals surface area contributed by atoms with Gasteiger partial charge in [0.2, 0.25) is 0 Å². The van der Waals surface area contributed by atoms with Crippen molar-refractivity contribution in [2.75, 3.05) is 7.11 Å². The van der Waals surface area contributed by atoms with Crippen molar-refractivity contribution in [2.24, 2.45) is 11.8 Å². The molecule has 0 bridgehead atoms. The van der Waals surface area contributed by atoms with Gasteiger partial charge in [-0.2, -0.15) is 0 Å². The number of carbonyl (C=O) groups is 1. The van der Waals surface area contributed by atoms with Crippen molar-refractivity contribution >= 4 is 5.78 Å². The molecule has 0 radical (unpaired) electrons. The van der Waals surface area contributed by atoms with Crippen LogP contribution in [-0.2, 0) is 9.53 Å². The van der Waals surface area contributed by atoms with E-state index in [1.807, 2.05) is 0 Å². The van der Waals surface area contributed by atoms with Crippen molar-refractivity contribution in [1.29, 1.82) is 0 Å². The molecule has 0 aromatic heterocycles. The number of ether oxygens (including phenoxy) is 1. The van der Waals surface area contributed by atoms with Crippen LogP contribution in [0.2, 0.25) is 0 Å². The van der Waals surface area contributed by atoms with E-state index in [9.17, 15) is 4.79 Å². The van der Waals surface area contributed by atoms with E-state index in [1.54, 1.807) is 7.11 Å². The zero-order valence-electron chi connectivity index (χ0n) is 12.0. The fourth-order valence-electron chi connectivity index (χ4n) is 3.75. The van der Waals surface area contributed by atoms with E-state index in [0.29, 0.717) is 5.78 Å². The molecule has 2 aliphatic carbocycles. The Kier molecular flexibility index (Phi) is 4.83. The summed E-state index contributed by atoms with van der Waals surface area (Å²) in [5, 5.41) is 0. The number of methoxy groups -OCH3 is 1. The first kappa shape index (κ1) is 14.0. The van der Waals surface area contributed by atoms with Gasteiger partial charge in [-0.3, -0.25) is 4.79 Å². The van der Waals surface area contributed by atoms with Gasteiger partial charge in [0.05, 0.1) is 0 Å². The molecule has 18 heavy (non-hydrogen) atoms. The van der Waals surface area contributed by atoms with Gasteiger partial charge in [-0.1, -0.05) is 45.4 Å². The first-order valence-corrected chi connectivity index (χ1v) is 7.77. The number of hydrogen-bond donors (Lipinski definition) is 0. The van der Waals surface area contributed by atoms with E-state index in [1.165, 1.54) is 25.7 Å². The van der Waals surface area contributed by atoms with Crippen LogP contribution in [0.3, 0.4) is 0 Å². The van der Waals surface area contributed by atoms with Crippen LogP contribution in [0.25, 0.3) is 0 Å². The summed E-state index contributed by atoms with van der Waals surface area (Å²) in [4.78, 5) is 12.8. The Morgan fingerprint density at radius 2 is 1.56 bits per heavy atom. The SMILES string of the molecule is COC1(C(=O)C2CCC(C)CC2)CCCCCC1. The minimum absolute atomic E-state index is 0.277. The van der Waals surface area contributed by atoms with Gasteiger partial charge in [-0.25, -0.2) is 0 Å². The van der Waals surface area contributed by atoms with Crippen molar-refractivity contribution in [3.63, 3.8) is 0 Å². The van der Waals surface area contributed by atoms with Gasteiger partial charge < -0.3 is 4.74 Å². The van der Waals surface area contributed by atoms with E-state index in [-0.39, 0.29) is 5.92 Å². The highest BCUT2D eigenvalue weighted by atomic mass is 16.5. The van der Waals surface area contributed by atoms with Crippen molar-refractivity contribution in [3.8, 4) is 0 Å². The molecular formula is C16H28O2. The molecule has 0 heterocycles. The molecule has 0 N–H and O–H groups in total. The maximum absolute atomic E-state index is 12.8. The van der Waals surface area contributed by atoms with Crippen molar-refractivity contribution in [1.82, 2.24) is 0 Å². The summed E-state index contributed by atoms with van der Waals surface area (Å²) in [6.45, 7) is 2.30. The Morgan fingerprint density at radius 3 is 2.06 bits per heavy atom. The Morgan fingerprint density at radius 1 is 1.00 bits per heavy atom. The maximum Gasteiger partial charge on any atom is 0.167 e. The summed E-state index contributed by atoms with van der Waals surface area (Å²) in [6.07, 6.45) is 11.4. The first-order valence-electron chi connectivity index (χ1n) is 7.77. The molecule has 0 aromatic rings. The molecule has 2 heteroatoms.